The van der Waals surface area contributed by atoms with Gasteiger partial charge in [0, 0.05) is 56.6 Å². The number of amides is 1. The maximum atomic E-state index is 13.9. The Balaban J connectivity index is 1.11. The highest BCUT2D eigenvalue weighted by atomic mass is 16.5. The minimum absolute atomic E-state index is 0.0888. The van der Waals surface area contributed by atoms with E-state index >= 15 is 0 Å². The first-order valence-corrected chi connectivity index (χ1v) is 17.2. The van der Waals surface area contributed by atoms with Crippen molar-refractivity contribution in [3.63, 3.8) is 0 Å². The smallest absolute Gasteiger partial charge is 0.264 e. The molecule has 0 saturated carbocycles. The van der Waals surface area contributed by atoms with E-state index in [0.717, 1.165) is 91.5 Å². The van der Waals surface area contributed by atoms with Crippen molar-refractivity contribution < 1.29 is 14.3 Å². The molecule has 0 spiro atoms. The number of carbonyl (C=O) groups is 1. The molecule has 3 aliphatic heterocycles. The van der Waals surface area contributed by atoms with Crippen LogP contribution in [0, 0.1) is 18.3 Å². The number of hydrogen-bond donors (Lipinski definition) is 1. The van der Waals surface area contributed by atoms with Crippen LogP contribution in [0.5, 0.6) is 11.5 Å². The number of ether oxygens (including phenoxy) is 2. The number of pyridine rings is 1. The lowest BCUT2D eigenvalue weighted by Gasteiger charge is -2.46. The first-order valence-electron chi connectivity index (χ1n) is 17.2. The molecular formula is C38H44N8O3. The Kier molecular flexibility index (Phi) is 9.11. The topological polar surface area (TPSA) is 126 Å². The van der Waals surface area contributed by atoms with Gasteiger partial charge < -0.3 is 20.1 Å². The molecule has 254 valence electrons. The molecule has 2 aromatic heterocycles. The van der Waals surface area contributed by atoms with Crippen LogP contribution in [0.4, 0.5) is 5.82 Å². The lowest BCUT2D eigenvalue weighted by Crippen LogP contribution is -2.59. The lowest BCUT2D eigenvalue weighted by molar-refractivity contribution is -0.128. The van der Waals surface area contributed by atoms with E-state index in [1.165, 1.54) is 0 Å². The van der Waals surface area contributed by atoms with Gasteiger partial charge in [-0.2, -0.15) is 10.4 Å². The number of piperidine rings is 1. The molecule has 2 aromatic carbocycles. The molecule has 4 aromatic rings. The normalized spacial score (nSPS) is 19.8. The average molecular weight is 661 g/mol. The van der Waals surface area contributed by atoms with Crippen LogP contribution in [0.25, 0.3) is 22.2 Å². The number of fused-ring (bicyclic) bond motifs is 1. The second-order valence-electron chi connectivity index (χ2n) is 13.9. The molecular weight excluding hydrogens is 616 g/mol. The second kappa shape index (κ2) is 13.6. The summed E-state index contributed by atoms with van der Waals surface area (Å²) in [5.74, 6) is 1.71. The van der Waals surface area contributed by atoms with Crippen molar-refractivity contribution >= 4 is 22.6 Å². The van der Waals surface area contributed by atoms with Crippen LogP contribution in [-0.4, -0.2) is 99.4 Å². The number of carbonyl (C=O) groups excluding carboxylic acids is 1. The van der Waals surface area contributed by atoms with Crippen LogP contribution in [0.3, 0.4) is 0 Å². The van der Waals surface area contributed by atoms with Gasteiger partial charge in [-0.15, -0.1) is 0 Å². The number of nitriles is 1. The second-order valence-corrected chi connectivity index (χ2v) is 13.9. The maximum absolute atomic E-state index is 13.9. The Morgan fingerprint density at radius 1 is 1.06 bits per heavy atom. The van der Waals surface area contributed by atoms with E-state index in [9.17, 15) is 10.1 Å². The number of rotatable bonds is 8. The molecule has 7 rings (SSSR count). The summed E-state index contributed by atoms with van der Waals surface area (Å²) < 4.78 is 13.5. The van der Waals surface area contributed by atoms with E-state index in [0.29, 0.717) is 24.9 Å². The van der Waals surface area contributed by atoms with E-state index in [1.54, 1.807) is 6.20 Å². The standard InChI is InChI=1S/C38H44N8O3/c1-26-20-27(11-12-33(26)49-31-9-5-4-6-10-31)35-34-32(13-14-41-36(34)40)46(42-35)29-8-7-15-44(23-29)37(47)28(22-39)21-38(2,3)45-18-16-43(17-19-45)30-24-48-25-30/h4-6,9-14,20-21,29-30H,7-8,15-19,23-25H2,1-3H3,(H2,40,41)/b28-21-/t29-/m1/s1. The minimum atomic E-state index is -0.435. The Labute approximate surface area is 287 Å². The lowest BCUT2D eigenvalue weighted by atomic mass is 9.96. The van der Waals surface area contributed by atoms with Crippen molar-refractivity contribution in [1.82, 2.24) is 29.5 Å². The average Bonchev–Trinajstić information content (AvgIpc) is 3.49. The Morgan fingerprint density at radius 3 is 2.53 bits per heavy atom. The number of piperazine rings is 1. The van der Waals surface area contributed by atoms with Gasteiger partial charge in [-0.1, -0.05) is 18.2 Å². The molecule has 0 radical (unpaired) electrons. The number of nitrogen functional groups attached to an aromatic ring is 1. The number of anilines is 1. The highest BCUT2D eigenvalue weighted by Gasteiger charge is 2.35. The van der Waals surface area contributed by atoms with E-state index < -0.39 is 5.54 Å². The van der Waals surface area contributed by atoms with Crippen LogP contribution in [0.1, 0.15) is 38.3 Å². The van der Waals surface area contributed by atoms with Gasteiger partial charge in [0.05, 0.1) is 36.2 Å². The fourth-order valence-electron chi connectivity index (χ4n) is 7.31. The molecule has 3 fully saturated rings. The SMILES string of the molecule is Cc1cc(-c2nn([C@@H]3CCCN(C(=O)/C(C#N)=C\C(C)(C)N4CCN(C5COC5)CC4)C3)c3ccnc(N)c23)ccc1Oc1ccccc1. The Morgan fingerprint density at radius 2 is 1.84 bits per heavy atom. The molecule has 2 N–H and O–H groups in total. The van der Waals surface area contributed by atoms with Crippen LogP contribution < -0.4 is 10.5 Å². The summed E-state index contributed by atoms with van der Waals surface area (Å²) in [5.41, 5.74) is 9.72. The summed E-state index contributed by atoms with van der Waals surface area (Å²) in [6.45, 7) is 12.5. The van der Waals surface area contributed by atoms with Crippen LogP contribution in [-0.2, 0) is 9.53 Å². The molecule has 0 bridgehead atoms. The summed E-state index contributed by atoms with van der Waals surface area (Å²) in [5, 5.41) is 16.1. The first kappa shape index (κ1) is 32.8. The van der Waals surface area contributed by atoms with E-state index in [2.05, 4.69) is 40.8 Å². The third-order valence-corrected chi connectivity index (χ3v) is 10.2. The molecule has 1 atom stereocenters. The zero-order chi connectivity index (χ0) is 34.1. The zero-order valence-electron chi connectivity index (χ0n) is 28.5. The summed E-state index contributed by atoms with van der Waals surface area (Å²) >= 11 is 0. The molecule has 11 nitrogen and oxygen atoms in total. The number of nitrogens with zero attached hydrogens (tertiary/aromatic N) is 7. The quantitative estimate of drug-likeness (QED) is 0.201. The van der Waals surface area contributed by atoms with Crippen LogP contribution >= 0.6 is 0 Å². The summed E-state index contributed by atoms with van der Waals surface area (Å²) in [7, 11) is 0. The highest BCUT2D eigenvalue weighted by Crippen LogP contribution is 2.37. The van der Waals surface area contributed by atoms with E-state index in [1.807, 2.05) is 71.1 Å². The van der Waals surface area contributed by atoms with Crippen molar-refractivity contribution in [2.45, 2.75) is 51.2 Å². The molecule has 11 heteroatoms. The Bertz CT molecular complexity index is 1900. The zero-order valence-corrected chi connectivity index (χ0v) is 28.5. The molecule has 0 aliphatic carbocycles. The molecule has 1 amide bonds. The van der Waals surface area contributed by atoms with Gasteiger partial charge in [-0.3, -0.25) is 19.3 Å². The van der Waals surface area contributed by atoms with E-state index in [4.69, 9.17) is 20.3 Å². The van der Waals surface area contributed by atoms with Gasteiger partial charge in [-0.25, -0.2) is 4.98 Å². The predicted octanol–water partition coefficient (Wildman–Crippen LogP) is 5.19. The largest absolute Gasteiger partial charge is 0.457 e. The minimum Gasteiger partial charge on any atom is -0.457 e. The fraction of sp³-hybridized carbons (Fsp3) is 0.421. The molecule has 5 heterocycles. The predicted molar refractivity (Wildman–Crippen MR) is 189 cm³/mol. The number of likely N-dealkylation sites (tertiary alicyclic amines) is 1. The van der Waals surface area contributed by atoms with Gasteiger partial charge in [0.15, 0.2) is 0 Å². The van der Waals surface area contributed by atoms with Gasteiger partial charge in [-0.05, 0) is 81.7 Å². The fourth-order valence-corrected chi connectivity index (χ4v) is 7.31. The van der Waals surface area contributed by atoms with Crippen molar-refractivity contribution in [1.29, 1.82) is 5.26 Å². The third kappa shape index (κ3) is 6.64. The first-order chi connectivity index (χ1) is 23.7. The van der Waals surface area contributed by atoms with Crippen molar-refractivity contribution in [3.8, 4) is 28.8 Å². The van der Waals surface area contributed by atoms with Crippen molar-refractivity contribution in [2.24, 2.45) is 0 Å². The van der Waals surface area contributed by atoms with Crippen molar-refractivity contribution in [2.75, 3.05) is 58.2 Å². The molecule has 49 heavy (non-hydrogen) atoms. The summed E-state index contributed by atoms with van der Waals surface area (Å²) in [6, 6.07) is 20.3. The van der Waals surface area contributed by atoms with Gasteiger partial charge in [0.1, 0.15) is 34.7 Å². The van der Waals surface area contributed by atoms with Crippen LogP contribution in [0.15, 0.2) is 72.4 Å². The van der Waals surface area contributed by atoms with Crippen LogP contribution in [0.2, 0.25) is 0 Å². The number of benzene rings is 2. The molecule has 0 unspecified atom stereocenters. The number of hydrogen-bond acceptors (Lipinski definition) is 9. The summed E-state index contributed by atoms with van der Waals surface area (Å²) in [4.78, 5) is 25.0. The number of aromatic nitrogens is 3. The van der Waals surface area contributed by atoms with Crippen molar-refractivity contribution in [3.05, 3.63) is 78.0 Å². The van der Waals surface area contributed by atoms with Gasteiger partial charge in [0.25, 0.3) is 5.91 Å². The Hall–Kier alpha value is -4.76. The van der Waals surface area contributed by atoms with Gasteiger partial charge >= 0.3 is 0 Å². The molecule has 3 saturated heterocycles. The van der Waals surface area contributed by atoms with Gasteiger partial charge in [0.2, 0.25) is 0 Å². The molecule has 3 aliphatic rings. The number of para-hydroxylation sites is 1. The number of nitrogens with two attached hydrogens (primary N) is 1. The number of aryl methyl sites for hydroxylation is 1. The summed E-state index contributed by atoms with van der Waals surface area (Å²) in [6.07, 6.45) is 5.21. The van der Waals surface area contributed by atoms with E-state index in [-0.39, 0.29) is 17.5 Å². The highest BCUT2D eigenvalue weighted by molar-refractivity contribution is 6.00. The third-order valence-electron chi connectivity index (χ3n) is 10.2. The maximum Gasteiger partial charge on any atom is 0.264 e. The monoisotopic (exact) mass is 660 g/mol.